The van der Waals surface area contributed by atoms with Gasteiger partial charge in [-0.05, 0) is 30.7 Å². The molecule has 0 aliphatic rings. The molecule has 0 fully saturated rings. The Hall–Kier alpha value is -1.11. The van der Waals surface area contributed by atoms with Crippen molar-refractivity contribution < 1.29 is 22.4 Å². The lowest BCUT2D eigenvalue weighted by Crippen LogP contribution is -2.40. The molecule has 94 valence electrons. The molecule has 17 heavy (non-hydrogen) atoms. The molecule has 0 aliphatic carbocycles. The highest BCUT2D eigenvalue weighted by Crippen LogP contribution is 2.26. The molecule has 0 unspecified atom stereocenters. The molecule has 1 amide bonds. The molecule has 1 aromatic carbocycles. The summed E-state index contributed by atoms with van der Waals surface area (Å²) < 4.78 is 49.8. The summed E-state index contributed by atoms with van der Waals surface area (Å²) in [5, 5.41) is 1.74. The lowest BCUT2D eigenvalue weighted by molar-refractivity contribution is -0.163. The second kappa shape index (κ2) is 5.03. The van der Waals surface area contributed by atoms with E-state index < -0.39 is 18.3 Å². The zero-order valence-corrected chi connectivity index (χ0v) is 10.2. The van der Waals surface area contributed by atoms with Gasteiger partial charge in [0, 0.05) is 10.2 Å². The minimum absolute atomic E-state index is 0.0380. The Morgan fingerprint density at radius 2 is 2.00 bits per heavy atom. The van der Waals surface area contributed by atoms with Crippen molar-refractivity contribution in [2.45, 2.75) is 19.3 Å². The Morgan fingerprint density at radius 1 is 1.41 bits per heavy atom. The van der Waals surface area contributed by atoms with E-state index in [1.165, 1.54) is 18.2 Å². The minimum atomic E-state index is -4.69. The summed E-state index contributed by atoms with van der Waals surface area (Å²) in [4.78, 5) is 10.9. The molecule has 1 N–H and O–H groups in total. The molecule has 0 aromatic heterocycles. The summed E-state index contributed by atoms with van der Waals surface area (Å²) in [7, 11) is 0. The molecule has 0 bridgehead atoms. The van der Waals surface area contributed by atoms with Crippen LogP contribution in [0.4, 0.5) is 23.2 Å². The molecular formula is C10H8BrF4NO. The number of hydrogen-bond donors (Lipinski definition) is 1. The first-order chi connectivity index (χ1) is 7.75. The molecule has 1 rings (SSSR count). The van der Waals surface area contributed by atoms with Gasteiger partial charge in [-0.25, -0.2) is 8.78 Å². The van der Waals surface area contributed by atoms with Gasteiger partial charge >= 0.3 is 18.3 Å². The van der Waals surface area contributed by atoms with Gasteiger partial charge in [0.2, 0.25) is 0 Å². The topological polar surface area (TPSA) is 29.1 Å². The molecular weight excluding hydrogens is 306 g/mol. The lowest BCUT2D eigenvalue weighted by Gasteiger charge is -2.15. The van der Waals surface area contributed by atoms with E-state index >= 15 is 0 Å². The molecule has 0 aliphatic heterocycles. The van der Waals surface area contributed by atoms with Gasteiger partial charge in [0.1, 0.15) is 0 Å². The quantitative estimate of drug-likeness (QED) is 0.849. The van der Waals surface area contributed by atoms with E-state index in [0.29, 0.717) is 5.56 Å². The highest BCUT2D eigenvalue weighted by Gasteiger charge is 2.48. The smallest absolute Gasteiger partial charge is 0.321 e. The fourth-order valence-electron chi connectivity index (χ4n) is 1.04. The first-order valence-corrected chi connectivity index (χ1v) is 5.28. The molecule has 0 atom stereocenters. The van der Waals surface area contributed by atoms with E-state index in [4.69, 9.17) is 0 Å². The van der Waals surface area contributed by atoms with Crippen molar-refractivity contribution in [2.24, 2.45) is 0 Å². The molecule has 0 radical (unpaired) electrons. The van der Waals surface area contributed by atoms with Crippen LogP contribution in [0.3, 0.4) is 0 Å². The van der Waals surface area contributed by atoms with Crippen LogP contribution in [0.25, 0.3) is 0 Å². The van der Waals surface area contributed by atoms with E-state index in [0.717, 1.165) is 4.47 Å². The highest BCUT2D eigenvalue weighted by molar-refractivity contribution is 9.10. The molecule has 2 nitrogen and oxygen atoms in total. The van der Waals surface area contributed by atoms with Gasteiger partial charge < -0.3 is 5.32 Å². The van der Waals surface area contributed by atoms with Crippen LogP contribution >= 0.6 is 15.9 Å². The third-order valence-electron chi connectivity index (χ3n) is 1.99. The van der Waals surface area contributed by atoms with Crippen molar-refractivity contribution in [2.75, 3.05) is 5.32 Å². The number of aryl methyl sites for hydroxylation is 1. The van der Waals surface area contributed by atoms with Gasteiger partial charge in [0.05, 0.1) is 0 Å². The zero-order valence-electron chi connectivity index (χ0n) is 8.61. The van der Waals surface area contributed by atoms with Crippen molar-refractivity contribution in [1.82, 2.24) is 0 Å². The number of carbonyl (C=O) groups is 1. The highest BCUT2D eigenvalue weighted by atomic mass is 79.9. The second-order valence-electron chi connectivity index (χ2n) is 3.34. The number of nitrogens with one attached hydrogen (secondary N) is 1. The molecule has 0 saturated heterocycles. The predicted molar refractivity (Wildman–Crippen MR) is 58.5 cm³/mol. The van der Waals surface area contributed by atoms with Gasteiger partial charge in [-0.3, -0.25) is 4.79 Å². The van der Waals surface area contributed by atoms with E-state index in [1.54, 1.807) is 12.2 Å². The number of benzene rings is 1. The standard InChI is InChI=1S/C10H8BrF4NO/c1-5-4-6(2-3-7(5)11)16-9(17)10(14,15)8(12)13/h2-4,8H,1H3,(H,16,17). The van der Waals surface area contributed by atoms with E-state index in [1.807, 2.05) is 0 Å². The van der Waals surface area contributed by atoms with E-state index in [9.17, 15) is 22.4 Å². The van der Waals surface area contributed by atoms with Gasteiger partial charge in [-0.2, -0.15) is 8.78 Å². The van der Waals surface area contributed by atoms with Gasteiger partial charge in [0.15, 0.2) is 0 Å². The zero-order chi connectivity index (χ0) is 13.2. The van der Waals surface area contributed by atoms with Crippen molar-refractivity contribution in [3.05, 3.63) is 28.2 Å². The van der Waals surface area contributed by atoms with Crippen LogP contribution in [-0.4, -0.2) is 18.3 Å². The van der Waals surface area contributed by atoms with Crippen molar-refractivity contribution in [3.8, 4) is 0 Å². The fourth-order valence-corrected chi connectivity index (χ4v) is 1.28. The number of amides is 1. The SMILES string of the molecule is Cc1cc(NC(=O)C(F)(F)C(F)F)ccc1Br. The number of rotatable bonds is 3. The average molecular weight is 314 g/mol. The van der Waals surface area contributed by atoms with Crippen molar-refractivity contribution >= 4 is 27.5 Å². The van der Waals surface area contributed by atoms with Gasteiger partial charge in [0.25, 0.3) is 0 Å². The Balaban J connectivity index is 2.85. The maximum Gasteiger partial charge on any atom is 0.383 e. The summed E-state index contributed by atoms with van der Waals surface area (Å²) >= 11 is 3.18. The molecule has 7 heteroatoms. The number of carbonyl (C=O) groups excluding carboxylic acids is 1. The average Bonchev–Trinajstić information content (AvgIpc) is 2.23. The van der Waals surface area contributed by atoms with Crippen LogP contribution in [0.5, 0.6) is 0 Å². The summed E-state index contributed by atoms with van der Waals surface area (Å²) in [5.41, 5.74) is 0.721. The van der Waals surface area contributed by atoms with E-state index in [-0.39, 0.29) is 5.69 Å². The Kier molecular flexibility index (Phi) is 4.13. The maximum atomic E-state index is 12.6. The number of alkyl halides is 4. The van der Waals surface area contributed by atoms with Crippen LogP contribution in [0.15, 0.2) is 22.7 Å². The van der Waals surface area contributed by atoms with Crippen LogP contribution in [0, 0.1) is 6.92 Å². The Morgan fingerprint density at radius 3 is 2.47 bits per heavy atom. The second-order valence-corrected chi connectivity index (χ2v) is 4.20. The van der Waals surface area contributed by atoms with Crippen LogP contribution < -0.4 is 5.32 Å². The maximum absolute atomic E-state index is 12.6. The summed E-state index contributed by atoms with van der Waals surface area (Å²) in [6.45, 7) is 1.67. The fraction of sp³-hybridized carbons (Fsp3) is 0.300. The summed E-state index contributed by atoms with van der Waals surface area (Å²) in [6, 6.07) is 4.24. The monoisotopic (exact) mass is 313 g/mol. The van der Waals surface area contributed by atoms with Crippen LogP contribution in [-0.2, 0) is 4.79 Å². The largest absolute Gasteiger partial charge is 0.383 e. The molecule has 0 spiro atoms. The molecule has 0 heterocycles. The number of halogens is 5. The number of hydrogen-bond acceptors (Lipinski definition) is 1. The molecule has 1 aromatic rings. The summed E-state index contributed by atoms with van der Waals surface area (Å²) in [6.07, 6.45) is -4.03. The minimum Gasteiger partial charge on any atom is -0.321 e. The van der Waals surface area contributed by atoms with Crippen molar-refractivity contribution in [3.63, 3.8) is 0 Å². The van der Waals surface area contributed by atoms with Crippen LogP contribution in [0.2, 0.25) is 0 Å². The first-order valence-electron chi connectivity index (χ1n) is 4.48. The Bertz CT molecular complexity index is 436. The van der Waals surface area contributed by atoms with Gasteiger partial charge in [-0.15, -0.1) is 0 Å². The lowest BCUT2D eigenvalue weighted by atomic mass is 10.2. The van der Waals surface area contributed by atoms with Crippen LogP contribution in [0.1, 0.15) is 5.56 Å². The Labute approximate surface area is 103 Å². The normalized spacial score (nSPS) is 11.7. The van der Waals surface area contributed by atoms with Gasteiger partial charge in [-0.1, -0.05) is 15.9 Å². The third-order valence-corrected chi connectivity index (χ3v) is 2.88. The first kappa shape index (κ1) is 14.0. The number of anilines is 1. The predicted octanol–water partition coefficient (Wildman–Crippen LogP) is 3.60. The van der Waals surface area contributed by atoms with Crippen molar-refractivity contribution in [1.29, 1.82) is 0 Å². The summed E-state index contributed by atoms with van der Waals surface area (Å²) in [5.74, 6) is -6.71. The third kappa shape index (κ3) is 3.18. The van der Waals surface area contributed by atoms with E-state index in [2.05, 4.69) is 15.9 Å². The molecule has 0 saturated carbocycles.